The average molecular weight is 381 g/mol. The van der Waals surface area contributed by atoms with E-state index in [1.54, 1.807) is 18.2 Å². The average Bonchev–Trinajstić information content (AvgIpc) is 2.55. The summed E-state index contributed by atoms with van der Waals surface area (Å²) in [5.74, 6) is 0.216. The van der Waals surface area contributed by atoms with Crippen molar-refractivity contribution in [2.24, 2.45) is 5.92 Å². The van der Waals surface area contributed by atoms with Crippen LogP contribution in [0.3, 0.4) is 0 Å². The number of carbonyl (C=O) groups excluding carboxylic acids is 1. The molecule has 2 aromatic carbocycles. The molecule has 0 heterocycles. The summed E-state index contributed by atoms with van der Waals surface area (Å²) < 4.78 is 27.1. The maximum atomic E-state index is 12.3. The molecule has 0 aromatic heterocycles. The van der Waals surface area contributed by atoms with Crippen molar-refractivity contribution in [2.45, 2.75) is 25.2 Å². The summed E-state index contributed by atoms with van der Waals surface area (Å²) in [6.07, 6.45) is 0.873. The Morgan fingerprint density at radius 1 is 1.12 bits per heavy atom. The van der Waals surface area contributed by atoms with E-state index in [0.29, 0.717) is 23.7 Å². The zero-order chi connectivity index (χ0) is 18.4. The van der Waals surface area contributed by atoms with Gasteiger partial charge in [0.15, 0.2) is 0 Å². The van der Waals surface area contributed by atoms with Gasteiger partial charge in [-0.3, -0.25) is 9.52 Å². The number of carbonyl (C=O) groups is 1. The van der Waals surface area contributed by atoms with Crippen LogP contribution in [-0.4, -0.2) is 20.9 Å². The van der Waals surface area contributed by atoms with Crippen molar-refractivity contribution in [3.8, 4) is 0 Å². The van der Waals surface area contributed by atoms with E-state index >= 15 is 0 Å². The first-order chi connectivity index (χ1) is 11.8. The number of halogens is 1. The molecule has 0 aliphatic rings. The molecule has 0 unspecified atom stereocenters. The molecule has 0 aliphatic heterocycles. The number of hydrogen-bond acceptors (Lipinski definition) is 3. The molecule has 25 heavy (non-hydrogen) atoms. The van der Waals surface area contributed by atoms with Gasteiger partial charge in [-0.25, -0.2) is 8.42 Å². The fourth-order valence-electron chi connectivity index (χ4n) is 2.15. The summed E-state index contributed by atoms with van der Waals surface area (Å²) in [6.45, 7) is 4.72. The molecular formula is C18H21ClN2O3S. The molecule has 0 saturated heterocycles. The van der Waals surface area contributed by atoms with Crippen molar-refractivity contribution in [1.82, 2.24) is 5.32 Å². The number of amides is 1. The van der Waals surface area contributed by atoms with Crippen LogP contribution >= 0.6 is 11.6 Å². The first-order valence-corrected chi connectivity index (χ1v) is 9.81. The molecule has 0 bridgehead atoms. The molecule has 0 saturated carbocycles. The molecule has 2 N–H and O–H groups in total. The van der Waals surface area contributed by atoms with Gasteiger partial charge in [0.2, 0.25) is 0 Å². The van der Waals surface area contributed by atoms with Crippen LogP contribution in [0.25, 0.3) is 0 Å². The van der Waals surface area contributed by atoms with E-state index in [1.807, 2.05) is 0 Å². The van der Waals surface area contributed by atoms with Crippen molar-refractivity contribution in [3.63, 3.8) is 0 Å². The van der Waals surface area contributed by atoms with Crippen molar-refractivity contribution < 1.29 is 13.2 Å². The first-order valence-electron chi connectivity index (χ1n) is 7.95. The van der Waals surface area contributed by atoms with Crippen molar-refractivity contribution in [2.75, 3.05) is 11.3 Å². The van der Waals surface area contributed by atoms with Gasteiger partial charge in [-0.15, -0.1) is 0 Å². The minimum absolute atomic E-state index is 0.154. The zero-order valence-corrected chi connectivity index (χ0v) is 15.7. The molecule has 1 amide bonds. The van der Waals surface area contributed by atoms with Gasteiger partial charge < -0.3 is 5.32 Å². The normalized spacial score (nSPS) is 11.4. The smallest absolute Gasteiger partial charge is 0.261 e. The lowest BCUT2D eigenvalue weighted by Crippen LogP contribution is -2.25. The first kappa shape index (κ1) is 19.3. The zero-order valence-electron chi connectivity index (χ0n) is 14.1. The molecule has 0 radical (unpaired) electrons. The Bertz CT molecular complexity index is 837. The summed E-state index contributed by atoms with van der Waals surface area (Å²) in [6, 6.07) is 12.5. The minimum atomic E-state index is -3.70. The molecule has 0 atom stereocenters. The van der Waals surface area contributed by atoms with E-state index < -0.39 is 10.0 Å². The number of benzene rings is 2. The van der Waals surface area contributed by atoms with Crippen molar-refractivity contribution >= 4 is 33.2 Å². The number of hydrogen-bond donors (Lipinski definition) is 2. The Labute approximate surface area is 153 Å². The Morgan fingerprint density at radius 2 is 1.80 bits per heavy atom. The van der Waals surface area contributed by atoms with E-state index in [9.17, 15) is 13.2 Å². The lowest BCUT2D eigenvalue weighted by atomic mass is 10.1. The highest BCUT2D eigenvalue weighted by Crippen LogP contribution is 2.23. The van der Waals surface area contributed by atoms with E-state index in [-0.39, 0.29) is 15.8 Å². The second kappa shape index (κ2) is 8.36. The van der Waals surface area contributed by atoms with E-state index in [2.05, 4.69) is 23.9 Å². The maximum Gasteiger partial charge on any atom is 0.261 e. The SMILES string of the molecule is CC(C)CCNC(=O)c1ccc(NS(=O)(=O)c2ccccc2)cc1Cl. The number of rotatable bonds is 7. The van der Waals surface area contributed by atoms with Crippen LogP contribution in [0.2, 0.25) is 5.02 Å². The van der Waals surface area contributed by atoms with E-state index in [0.717, 1.165) is 6.42 Å². The van der Waals surface area contributed by atoms with Crippen LogP contribution < -0.4 is 10.0 Å². The summed E-state index contributed by atoms with van der Waals surface area (Å²) >= 11 is 6.14. The fraction of sp³-hybridized carbons (Fsp3) is 0.278. The lowest BCUT2D eigenvalue weighted by molar-refractivity contribution is 0.0952. The second-order valence-corrected chi connectivity index (χ2v) is 8.14. The van der Waals surface area contributed by atoms with E-state index in [1.165, 1.54) is 30.3 Å². The molecule has 7 heteroatoms. The molecule has 134 valence electrons. The van der Waals surface area contributed by atoms with Crippen LogP contribution in [0.1, 0.15) is 30.6 Å². The molecule has 0 aliphatic carbocycles. The lowest BCUT2D eigenvalue weighted by Gasteiger charge is -2.11. The summed E-state index contributed by atoms with van der Waals surface area (Å²) in [7, 11) is -3.70. The van der Waals surface area contributed by atoms with Gasteiger partial charge >= 0.3 is 0 Å². The maximum absolute atomic E-state index is 12.3. The second-order valence-electron chi connectivity index (χ2n) is 6.05. The van der Waals surface area contributed by atoms with Gasteiger partial charge in [0.05, 0.1) is 21.2 Å². The third kappa shape index (κ3) is 5.47. The summed E-state index contributed by atoms with van der Waals surface area (Å²) in [5, 5.41) is 2.99. The van der Waals surface area contributed by atoms with Crippen LogP contribution in [0.5, 0.6) is 0 Å². The number of sulfonamides is 1. The summed E-state index contributed by atoms with van der Waals surface area (Å²) in [4.78, 5) is 12.3. The minimum Gasteiger partial charge on any atom is -0.352 e. The molecule has 0 fully saturated rings. The quantitative estimate of drug-likeness (QED) is 0.764. The topological polar surface area (TPSA) is 75.3 Å². The molecule has 0 spiro atoms. The fourth-order valence-corrected chi connectivity index (χ4v) is 3.48. The molecule has 2 rings (SSSR count). The molecule has 2 aromatic rings. The third-order valence-electron chi connectivity index (χ3n) is 3.53. The van der Waals surface area contributed by atoms with Crippen molar-refractivity contribution in [3.05, 3.63) is 59.1 Å². The Morgan fingerprint density at radius 3 is 2.40 bits per heavy atom. The Kier molecular flexibility index (Phi) is 6.45. The Hall–Kier alpha value is -2.05. The molecular weight excluding hydrogens is 360 g/mol. The van der Waals surface area contributed by atoms with Gasteiger partial charge in [-0.05, 0) is 42.7 Å². The summed E-state index contributed by atoms with van der Waals surface area (Å²) in [5.41, 5.74) is 0.612. The Balaban J connectivity index is 2.10. The van der Waals surface area contributed by atoms with Crippen molar-refractivity contribution in [1.29, 1.82) is 0 Å². The number of anilines is 1. The van der Waals surface area contributed by atoms with Crippen LogP contribution in [0, 0.1) is 5.92 Å². The van der Waals surface area contributed by atoms with Crippen LogP contribution in [-0.2, 0) is 10.0 Å². The largest absolute Gasteiger partial charge is 0.352 e. The van der Waals surface area contributed by atoms with Gasteiger partial charge in [0.25, 0.3) is 15.9 Å². The predicted octanol–water partition coefficient (Wildman–Crippen LogP) is 3.92. The molecule has 5 nitrogen and oxygen atoms in total. The third-order valence-corrected chi connectivity index (χ3v) is 5.24. The van der Waals surface area contributed by atoms with Gasteiger partial charge in [0, 0.05) is 6.54 Å². The van der Waals surface area contributed by atoms with Gasteiger partial charge in [-0.1, -0.05) is 43.6 Å². The monoisotopic (exact) mass is 380 g/mol. The highest BCUT2D eigenvalue weighted by atomic mass is 35.5. The van der Waals surface area contributed by atoms with Crippen LogP contribution in [0.4, 0.5) is 5.69 Å². The predicted molar refractivity (Wildman–Crippen MR) is 100 cm³/mol. The van der Waals surface area contributed by atoms with Gasteiger partial charge in [-0.2, -0.15) is 0 Å². The highest BCUT2D eigenvalue weighted by molar-refractivity contribution is 7.92. The highest BCUT2D eigenvalue weighted by Gasteiger charge is 2.16. The number of nitrogens with one attached hydrogen (secondary N) is 2. The van der Waals surface area contributed by atoms with Gasteiger partial charge in [0.1, 0.15) is 0 Å². The standard InChI is InChI=1S/C18H21ClN2O3S/c1-13(2)10-11-20-18(22)16-9-8-14(12-17(16)19)21-25(23,24)15-6-4-3-5-7-15/h3-9,12-13,21H,10-11H2,1-2H3,(H,20,22). The van der Waals surface area contributed by atoms with Crippen LogP contribution in [0.15, 0.2) is 53.4 Å². The van der Waals surface area contributed by atoms with E-state index in [4.69, 9.17) is 11.6 Å².